The average Bonchev–Trinajstić information content (AvgIpc) is 2.66. The highest BCUT2D eigenvalue weighted by molar-refractivity contribution is 5.59. The second kappa shape index (κ2) is 4.53. The minimum absolute atomic E-state index is 0.145. The molecule has 0 radical (unpaired) electrons. The van der Waals surface area contributed by atoms with E-state index in [0.29, 0.717) is 11.4 Å². The van der Waals surface area contributed by atoms with Crippen molar-refractivity contribution in [3.05, 3.63) is 29.8 Å². The van der Waals surface area contributed by atoms with Crippen molar-refractivity contribution in [3.63, 3.8) is 0 Å². The van der Waals surface area contributed by atoms with Crippen LogP contribution in [0.15, 0.2) is 18.2 Å². The summed E-state index contributed by atoms with van der Waals surface area (Å²) in [5, 5.41) is 8.10. The third kappa shape index (κ3) is 2.13. The molecule has 1 aromatic heterocycles. The van der Waals surface area contributed by atoms with Gasteiger partial charge in [0.05, 0.1) is 5.69 Å². The summed E-state index contributed by atoms with van der Waals surface area (Å²) in [4.78, 5) is 0. The van der Waals surface area contributed by atoms with Crippen LogP contribution in [0.4, 0.5) is 10.1 Å². The van der Waals surface area contributed by atoms with Crippen molar-refractivity contribution in [2.45, 2.75) is 26.8 Å². The summed E-state index contributed by atoms with van der Waals surface area (Å²) in [6.07, 6.45) is 0.976. The Bertz CT molecular complexity index is 533. The Kier molecular flexibility index (Phi) is 3.08. The molecule has 0 bridgehead atoms. The van der Waals surface area contributed by atoms with E-state index in [2.05, 4.69) is 17.1 Å². The van der Waals surface area contributed by atoms with Gasteiger partial charge in [-0.25, -0.2) is 4.39 Å². The van der Waals surface area contributed by atoms with E-state index in [0.717, 1.165) is 18.8 Å². The summed E-state index contributed by atoms with van der Waals surface area (Å²) < 4.78 is 15.4. The van der Waals surface area contributed by atoms with Gasteiger partial charge in [-0.3, -0.25) is 0 Å². The molecule has 1 heterocycles. The van der Waals surface area contributed by atoms with Crippen molar-refractivity contribution in [3.8, 4) is 11.4 Å². The first-order valence-corrected chi connectivity index (χ1v) is 5.58. The molecule has 2 aromatic rings. The Labute approximate surface area is 99.3 Å². The highest BCUT2D eigenvalue weighted by Gasteiger charge is 2.11. The van der Waals surface area contributed by atoms with Crippen LogP contribution < -0.4 is 5.73 Å². The van der Waals surface area contributed by atoms with Crippen LogP contribution in [0.5, 0.6) is 0 Å². The van der Waals surface area contributed by atoms with Gasteiger partial charge in [0.2, 0.25) is 0 Å². The van der Waals surface area contributed by atoms with Gasteiger partial charge in [0.25, 0.3) is 0 Å². The summed E-state index contributed by atoms with van der Waals surface area (Å²) >= 11 is 0. The lowest BCUT2D eigenvalue weighted by Gasteiger charge is -2.07. The molecule has 0 unspecified atom stereocenters. The first kappa shape index (κ1) is 11.6. The van der Waals surface area contributed by atoms with E-state index in [1.165, 1.54) is 6.07 Å². The number of hydrogen-bond donors (Lipinski definition) is 1. The molecular weight excluding hydrogens is 219 g/mol. The number of rotatable bonds is 3. The number of hydrogen-bond acceptors (Lipinski definition) is 3. The topological polar surface area (TPSA) is 56.7 Å². The summed E-state index contributed by atoms with van der Waals surface area (Å²) in [6.45, 7) is 4.78. The molecule has 0 spiro atoms. The van der Waals surface area contributed by atoms with Crippen LogP contribution in [-0.4, -0.2) is 14.8 Å². The average molecular weight is 234 g/mol. The molecule has 0 amide bonds. The van der Waals surface area contributed by atoms with Crippen LogP contribution in [0.1, 0.15) is 19.2 Å². The van der Waals surface area contributed by atoms with E-state index in [1.54, 1.807) is 12.1 Å². The number of nitrogens with zero attached hydrogens (tertiary/aromatic N) is 3. The van der Waals surface area contributed by atoms with E-state index >= 15 is 0 Å². The highest BCUT2D eigenvalue weighted by atomic mass is 19.1. The molecule has 0 saturated heterocycles. The molecule has 0 atom stereocenters. The lowest BCUT2D eigenvalue weighted by molar-refractivity contribution is 0.631. The molecule has 0 aliphatic rings. The first-order chi connectivity index (χ1) is 8.13. The first-order valence-electron chi connectivity index (χ1n) is 5.58. The Balaban J connectivity index is 2.48. The summed E-state index contributed by atoms with van der Waals surface area (Å²) in [5.41, 5.74) is 6.30. The molecule has 90 valence electrons. The zero-order chi connectivity index (χ0) is 12.4. The quantitative estimate of drug-likeness (QED) is 0.829. The molecule has 1 aromatic carbocycles. The number of nitrogen functional groups attached to an aromatic ring is 1. The Morgan fingerprint density at radius 3 is 2.76 bits per heavy atom. The van der Waals surface area contributed by atoms with Crippen LogP contribution in [0, 0.1) is 12.7 Å². The second-order valence-electron chi connectivity index (χ2n) is 3.96. The van der Waals surface area contributed by atoms with Crippen molar-refractivity contribution in [2.75, 3.05) is 5.73 Å². The second-order valence-corrected chi connectivity index (χ2v) is 3.96. The van der Waals surface area contributed by atoms with E-state index in [9.17, 15) is 4.39 Å². The van der Waals surface area contributed by atoms with E-state index in [4.69, 9.17) is 5.73 Å². The van der Waals surface area contributed by atoms with Gasteiger partial charge >= 0.3 is 0 Å². The van der Waals surface area contributed by atoms with Gasteiger partial charge < -0.3 is 10.3 Å². The predicted molar refractivity (Wildman–Crippen MR) is 64.9 cm³/mol. The molecule has 5 heteroatoms. The number of aromatic nitrogens is 3. The van der Waals surface area contributed by atoms with Gasteiger partial charge in [-0.05, 0) is 31.5 Å². The Hall–Kier alpha value is -1.91. The molecule has 0 aliphatic carbocycles. The third-order valence-corrected chi connectivity index (χ3v) is 2.64. The van der Waals surface area contributed by atoms with Gasteiger partial charge in [-0.2, -0.15) is 0 Å². The fourth-order valence-electron chi connectivity index (χ4n) is 1.75. The monoisotopic (exact) mass is 234 g/mol. The van der Waals surface area contributed by atoms with Crippen LogP contribution >= 0.6 is 0 Å². The minimum atomic E-state index is -0.425. The van der Waals surface area contributed by atoms with Crippen molar-refractivity contribution < 1.29 is 4.39 Å². The smallest absolute Gasteiger partial charge is 0.164 e. The van der Waals surface area contributed by atoms with E-state index in [1.807, 2.05) is 11.5 Å². The van der Waals surface area contributed by atoms with Gasteiger partial charge in [-0.15, -0.1) is 10.2 Å². The number of benzene rings is 1. The van der Waals surface area contributed by atoms with Crippen molar-refractivity contribution >= 4 is 5.69 Å². The zero-order valence-electron chi connectivity index (χ0n) is 9.94. The van der Waals surface area contributed by atoms with Gasteiger partial charge in [0.1, 0.15) is 11.6 Å². The normalized spacial score (nSPS) is 10.8. The van der Waals surface area contributed by atoms with Crippen molar-refractivity contribution in [2.24, 2.45) is 0 Å². The maximum absolute atomic E-state index is 13.4. The fraction of sp³-hybridized carbons (Fsp3) is 0.333. The fourth-order valence-corrected chi connectivity index (χ4v) is 1.75. The molecular formula is C12H15FN4. The standard InChI is InChI=1S/C12H15FN4/c1-3-6-17-8(2)15-16-12(17)9-4-5-11(14)10(13)7-9/h4-5,7H,3,6,14H2,1-2H3. The van der Waals surface area contributed by atoms with E-state index in [-0.39, 0.29) is 5.69 Å². The Morgan fingerprint density at radius 1 is 1.35 bits per heavy atom. The number of anilines is 1. The summed E-state index contributed by atoms with van der Waals surface area (Å²) in [7, 11) is 0. The van der Waals surface area contributed by atoms with Crippen LogP contribution in [0.3, 0.4) is 0 Å². The van der Waals surface area contributed by atoms with Crippen LogP contribution in [0.2, 0.25) is 0 Å². The largest absolute Gasteiger partial charge is 0.396 e. The van der Waals surface area contributed by atoms with Gasteiger partial charge in [0, 0.05) is 12.1 Å². The predicted octanol–water partition coefficient (Wildman–Crippen LogP) is 2.38. The molecule has 17 heavy (non-hydrogen) atoms. The third-order valence-electron chi connectivity index (χ3n) is 2.64. The van der Waals surface area contributed by atoms with Crippen molar-refractivity contribution in [1.29, 1.82) is 0 Å². The SMILES string of the molecule is CCCn1c(C)nnc1-c1ccc(N)c(F)c1. The lowest BCUT2D eigenvalue weighted by atomic mass is 10.2. The van der Waals surface area contributed by atoms with Crippen LogP contribution in [-0.2, 0) is 6.54 Å². The molecule has 0 saturated carbocycles. The molecule has 0 fully saturated rings. The van der Waals surface area contributed by atoms with Crippen LogP contribution in [0.25, 0.3) is 11.4 Å². The molecule has 2 N–H and O–H groups in total. The Morgan fingerprint density at radius 2 is 2.12 bits per heavy atom. The molecule has 2 rings (SSSR count). The minimum Gasteiger partial charge on any atom is -0.396 e. The maximum atomic E-state index is 13.4. The maximum Gasteiger partial charge on any atom is 0.164 e. The zero-order valence-corrected chi connectivity index (χ0v) is 9.94. The lowest BCUT2D eigenvalue weighted by Crippen LogP contribution is -2.02. The molecule has 4 nitrogen and oxygen atoms in total. The van der Waals surface area contributed by atoms with Gasteiger partial charge in [-0.1, -0.05) is 6.92 Å². The number of nitrogens with two attached hydrogens (primary N) is 1. The summed E-state index contributed by atoms with van der Waals surface area (Å²) in [6, 6.07) is 4.70. The molecule has 0 aliphatic heterocycles. The highest BCUT2D eigenvalue weighted by Crippen LogP contribution is 2.22. The number of halogens is 1. The summed E-state index contributed by atoms with van der Waals surface area (Å²) in [5.74, 6) is 1.09. The van der Waals surface area contributed by atoms with E-state index < -0.39 is 5.82 Å². The van der Waals surface area contributed by atoms with Gasteiger partial charge in [0.15, 0.2) is 5.82 Å². The number of aryl methyl sites for hydroxylation is 1. The van der Waals surface area contributed by atoms with Crippen molar-refractivity contribution in [1.82, 2.24) is 14.8 Å².